The predicted octanol–water partition coefficient (Wildman–Crippen LogP) is 1.39. The highest BCUT2D eigenvalue weighted by Gasteiger charge is 2.21. The van der Waals surface area contributed by atoms with E-state index in [-0.39, 0.29) is 0 Å². The first kappa shape index (κ1) is 13.4. The quantitative estimate of drug-likeness (QED) is 0.835. The lowest BCUT2D eigenvalue weighted by Crippen LogP contribution is -2.47. The summed E-state index contributed by atoms with van der Waals surface area (Å²) in [5, 5.41) is 8.82. The summed E-state index contributed by atoms with van der Waals surface area (Å²) in [6, 6.07) is 4.28. The van der Waals surface area contributed by atoms with E-state index in [0.29, 0.717) is 0 Å². The van der Waals surface area contributed by atoms with Gasteiger partial charge in [-0.3, -0.25) is 0 Å². The molecule has 4 rings (SSSR count). The van der Waals surface area contributed by atoms with E-state index in [4.69, 9.17) is 0 Å². The van der Waals surface area contributed by atoms with Crippen molar-refractivity contribution in [2.24, 2.45) is 0 Å². The Hall–Kier alpha value is -2.24. The Labute approximate surface area is 130 Å². The minimum Gasteiger partial charge on any atom is -0.353 e. The summed E-state index contributed by atoms with van der Waals surface area (Å²) in [6.07, 6.45) is 5.10. The van der Waals surface area contributed by atoms with Gasteiger partial charge in [0.05, 0.1) is 5.69 Å². The summed E-state index contributed by atoms with van der Waals surface area (Å²) in [5.74, 6) is 2.05. The number of piperazine rings is 1. The van der Waals surface area contributed by atoms with Gasteiger partial charge in [-0.05, 0) is 37.8 Å². The van der Waals surface area contributed by atoms with E-state index in [1.54, 1.807) is 6.33 Å². The molecule has 0 unspecified atom stereocenters. The maximum Gasteiger partial charge on any atom is 0.151 e. The Morgan fingerprint density at radius 2 is 1.64 bits per heavy atom. The standard InChI is InChI=1S/C16H20N6/c1-12-9-15(18-11-17-12)21-5-7-22(8-6-21)16-10-13-3-2-4-14(13)19-20-16/h9-11H,2-8H2,1H3. The molecular formula is C16H20N6. The monoisotopic (exact) mass is 296 g/mol. The zero-order valence-corrected chi connectivity index (χ0v) is 12.9. The second kappa shape index (κ2) is 5.51. The summed E-state index contributed by atoms with van der Waals surface area (Å²) >= 11 is 0. The molecule has 114 valence electrons. The van der Waals surface area contributed by atoms with Crippen LogP contribution in [0.4, 0.5) is 11.6 Å². The number of anilines is 2. The average Bonchev–Trinajstić information content (AvgIpc) is 3.02. The van der Waals surface area contributed by atoms with Gasteiger partial charge in [0.15, 0.2) is 5.82 Å². The second-order valence-electron chi connectivity index (χ2n) is 6.02. The van der Waals surface area contributed by atoms with Crippen LogP contribution in [0.2, 0.25) is 0 Å². The number of aryl methyl sites for hydroxylation is 3. The van der Waals surface area contributed by atoms with Crippen molar-refractivity contribution in [2.45, 2.75) is 26.2 Å². The molecule has 0 atom stereocenters. The van der Waals surface area contributed by atoms with Crippen LogP contribution in [0.25, 0.3) is 0 Å². The molecule has 0 spiro atoms. The van der Waals surface area contributed by atoms with Crippen molar-refractivity contribution in [3.8, 4) is 0 Å². The smallest absolute Gasteiger partial charge is 0.151 e. The third kappa shape index (κ3) is 2.49. The lowest BCUT2D eigenvalue weighted by Gasteiger charge is -2.35. The van der Waals surface area contributed by atoms with Crippen molar-refractivity contribution >= 4 is 11.6 Å². The number of fused-ring (bicyclic) bond motifs is 1. The Morgan fingerprint density at radius 3 is 2.41 bits per heavy atom. The lowest BCUT2D eigenvalue weighted by atomic mass is 10.2. The van der Waals surface area contributed by atoms with Gasteiger partial charge in [0.1, 0.15) is 12.1 Å². The van der Waals surface area contributed by atoms with Crippen LogP contribution in [0.15, 0.2) is 18.5 Å². The summed E-state index contributed by atoms with van der Waals surface area (Å²) < 4.78 is 0. The van der Waals surface area contributed by atoms with Crippen LogP contribution in [0.1, 0.15) is 23.4 Å². The second-order valence-corrected chi connectivity index (χ2v) is 6.02. The molecule has 2 aliphatic rings. The third-order valence-corrected chi connectivity index (χ3v) is 4.52. The normalized spacial score (nSPS) is 17.7. The molecule has 0 aromatic carbocycles. The highest BCUT2D eigenvalue weighted by molar-refractivity contribution is 5.46. The molecule has 6 nitrogen and oxygen atoms in total. The molecule has 1 aliphatic carbocycles. The summed E-state index contributed by atoms with van der Waals surface area (Å²) in [4.78, 5) is 13.2. The van der Waals surface area contributed by atoms with Crippen LogP contribution in [0.3, 0.4) is 0 Å². The first-order valence-electron chi connectivity index (χ1n) is 7.93. The molecule has 0 bridgehead atoms. The fourth-order valence-corrected chi connectivity index (χ4v) is 3.25. The summed E-state index contributed by atoms with van der Waals surface area (Å²) in [5.41, 5.74) is 3.59. The van der Waals surface area contributed by atoms with Crippen LogP contribution in [-0.2, 0) is 12.8 Å². The lowest BCUT2D eigenvalue weighted by molar-refractivity contribution is 0.636. The van der Waals surface area contributed by atoms with E-state index in [9.17, 15) is 0 Å². The van der Waals surface area contributed by atoms with E-state index in [1.165, 1.54) is 17.7 Å². The van der Waals surface area contributed by atoms with E-state index >= 15 is 0 Å². The SMILES string of the molecule is Cc1cc(N2CCN(c3cc4c(nn3)CCC4)CC2)ncn1. The fourth-order valence-electron chi connectivity index (χ4n) is 3.25. The van der Waals surface area contributed by atoms with Gasteiger partial charge >= 0.3 is 0 Å². The molecule has 22 heavy (non-hydrogen) atoms. The van der Waals surface area contributed by atoms with Crippen molar-refractivity contribution < 1.29 is 0 Å². The molecule has 1 aliphatic heterocycles. The van der Waals surface area contributed by atoms with Gasteiger partial charge in [-0.1, -0.05) is 0 Å². The highest BCUT2D eigenvalue weighted by atomic mass is 15.3. The van der Waals surface area contributed by atoms with Gasteiger partial charge in [0, 0.05) is 37.9 Å². The van der Waals surface area contributed by atoms with Crippen molar-refractivity contribution in [1.29, 1.82) is 0 Å². The molecule has 0 N–H and O–H groups in total. The first-order chi connectivity index (χ1) is 10.8. The number of rotatable bonds is 2. The predicted molar refractivity (Wildman–Crippen MR) is 85.3 cm³/mol. The van der Waals surface area contributed by atoms with E-state index in [1.807, 2.05) is 13.0 Å². The maximum atomic E-state index is 4.42. The zero-order valence-electron chi connectivity index (χ0n) is 12.9. The maximum absolute atomic E-state index is 4.42. The van der Waals surface area contributed by atoms with Crippen LogP contribution in [0, 0.1) is 6.92 Å². The molecular weight excluding hydrogens is 276 g/mol. The Morgan fingerprint density at radius 1 is 0.864 bits per heavy atom. The van der Waals surface area contributed by atoms with Crippen molar-refractivity contribution in [2.75, 3.05) is 36.0 Å². The minimum atomic E-state index is 0.954. The zero-order chi connectivity index (χ0) is 14.9. The van der Waals surface area contributed by atoms with Gasteiger partial charge in [-0.2, -0.15) is 5.10 Å². The summed E-state index contributed by atoms with van der Waals surface area (Å²) in [7, 11) is 0. The molecule has 1 fully saturated rings. The average molecular weight is 296 g/mol. The summed E-state index contributed by atoms with van der Waals surface area (Å²) in [6.45, 7) is 5.82. The van der Waals surface area contributed by atoms with Crippen molar-refractivity contribution in [3.05, 3.63) is 35.4 Å². The van der Waals surface area contributed by atoms with Gasteiger partial charge in [-0.25, -0.2) is 9.97 Å². The Kier molecular flexibility index (Phi) is 3.36. The third-order valence-electron chi connectivity index (χ3n) is 4.52. The molecule has 2 aromatic heterocycles. The van der Waals surface area contributed by atoms with E-state index < -0.39 is 0 Å². The topological polar surface area (TPSA) is 58.0 Å². The van der Waals surface area contributed by atoms with Crippen molar-refractivity contribution in [1.82, 2.24) is 20.2 Å². The van der Waals surface area contributed by atoms with Gasteiger partial charge < -0.3 is 9.80 Å². The first-order valence-corrected chi connectivity index (χ1v) is 7.93. The van der Waals surface area contributed by atoms with Crippen LogP contribution < -0.4 is 9.80 Å². The van der Waals surface area contributed by atoms with Crippen LogP contribution in [0.5, 0.6) is 0 Å². The number of hydrogen-bond donors (Lipinski definition) is 0. The number of hydrogen-bond acceptors (Lipinski definition) is 6. The van der Waals surface area contributed by atoms with E-state index in [2.05, 4.69) is 36.0 Å². The molecule has 3 heterocycles. The van der Waals surface area contributed by atoms with Crippen molar-refractivity contribution in [3.63, 3.8) is 0 Å². The Balaban J connectivity index is 1.45. The van der Waals surface area contributed by atoms with Crippen LogP contribution in [-0.4, -0.2) is 46.3 Å². The largest absolute Gasteiger partial charge is 0.353 e. The van der Waals surface area contributed by atoms with Gasteiger partial charge in [0.25, 0.3) is 0 Å². The molecule has 2 aromatic rings. The molecule has 0 radical (unpaired) electrons. The molecule has 0 saturated carbocycles. The number of nitrogens with zero attached hydrogens (tertiary/aromatic N) is 6. The molecule has 6 heteroatoms. The van der Waals surface area contributed by atoms with Gasteiger partial charge in [0.2, 0.25) is 0 Å². The molecule has 0 amide bonds. The fraction of sp³-hybridized carbons (Fsp3) is 0.500. The van der Waals surface area contributed by atoms with Crippen LogP contribution >= 0.6 is 0 Å². The number of aromatic nitrogens is 4. The highest BCUT2D eigenvalue weighted by Crippen LogP contribution is 2.24. The van der Waals surface area contributed by atoms with E-state index in [0.717, 1.165) is 56.4 Å². The Bertz CT molecular complexity index is 678. The van der Waals surface area contributed by atoms with Gasteiger partial charge in [-0.15, -0.1) is 5.10 Å². The molecule has 1 saturated heterocycles. The minimum absolute atomic E-state index is 0.954.